The van der Waals surface area contributed by atoms with Crippen molar-refractivity contribution in [3.63, 3.8) is 0 Å². The van der Waals surface area contributed by atoms with Gasteiger partial charge in [-0.2, -0.15) is 0 Å². The number of hydrogen-bond donors (Lipinski definition) is 1. The van der Waals surface area contributed by atoms with Gasteiger partial charge in [0.05, 0.1) is 26.3 Å². The molecule has 0 bridgehead atoms. The largest absolute Gasteiger partial charge is 0.345 e. The van der Waals surface area contributed by atoms with Crippen LogP contribution < -0.4 is 10.2 Å². The van der Waals surface area contributed by atoms with Gasteiger partial charge in [0.25, 0.3) is 11.1 Å². The number of piperazine rings is 1. The summed E-state index contributed by atoms with van der Waals surface area (Å²) in [6, 6.07) is 12.0. The van der Waals surface area contributed by atoms with Gasteiger partial charge in [-0.15, -0.1) is 0 Å². The Morgan fingerprint density at radius 1 is 1.00 bits per heavy atom. The molecule has 1 N–H and O–H groups in total. The number of aromatic nitrogens is 3. The Balaban J connectivity index is 1.38. The van der Waals surface area contributed by atoms with Crippen molar-refractivity contribution in [1.29, 1.82) is 0 Å². The molecular formula is C24H20N6O2S2. The summed E-state index contributed by atoms with van der Waals surface area (Å²) in [5.41, 5.74) is 4.42. The van der Waals surface area contributed by atoms with Crippen LogP contribution in [0.3, 0.4) is 0 Å². The molecule has 10 heteroatoms. The van der Waals surface area contributed by atoms with E-state index in [1.807, 2.05) is 30.3 Å². The van der Waals surface area contributed by atoms with Crippen LogP contribution in [0.2, 0.25) is 0 Å². The summed E-state index contributed by atoms with van der Waals surface area (Å²) in [5, 5.41) is 3.88. The van der Waals surface area contributed by atoms with Crippen LogP contribution in [0.4, 0.5) is 9.93 Å². The highest BCUT2D eigenvalue weighted by Crippen LogP contribution is 2.34. The minimum Gasteiger partial charge on any atom is -0.345 e. The molecule has 2 aliphatic rings. The molecule has 2 saturated heterocycles. The lowest BCUT2D eigenvalue weighted by atomic mass is 10.0. The van der Waals surface area contributed by atoms with Crippen LogP contribution in [0, 0.1) is 0 Å². The Labute approximate surface area is 203 Å². The summed E-state index contributed by atoms with van der Waals surface area (Å²) in [5.74, 6) is -0.369. The molecule has 0 radical (unpaired) electrons. The molecule has 2 aromatic carbocycles. The number of fused-ring (bicyclic) bond motifs is 2. The molecule has 2 aromatic heterocycles. The summed E-state index contributed by atoms with van der Waals surface area (Å²) in [6.45, 7) is 4.06. The molecule has 170 valence electrons. The summed E-state index contributed by atoms with van der Waals surface area (Å²) in [6.07, 6.45) is 3.29. The fourth-order valence-corrected chi connectivity index (χ4v) is 5.90. The van der Waals surface area contributed by atoms with E-state index in [9.17, 15) is 9.59 Å². The number of anilines is 1. The number of likely N-dealkylation sites (N-methyl/N-ethyl adjacent to an activating group) is 1. The zero-order chi connectivity index (χ0) is 23.2. The van der Waals surface area contributed by atoms with Crippen LogP contribution in [0.1, 0.15) is 5.56 Å². The Morgan fingerprint density at radius 3 is 2.62 bits per heavy atom. The van der Waals surface area contributed by atoms with E-state index in [0.717, 1.165) is 81.0 Å². The summed E-state index contributed by atoms with van der Waals surface area (Å²) in [7, 11) is 2.15. The number of thiazole rings is 1. The first-order valence-corrected chi connectivity index (χ1v) is 12.5. The zero-order valence-corrected chi connectivity index (χ0v) is 19.9. The molecule has 34 heavy (non-hydrogen) atoms. The zero-order valence-electron chi connectivity index (χ0n) is 18.3. The van der Waals surface area contributed by atoms with E-state index in [0.29, 0.717) is 4.91 Å². The minimum atomic E-state index is -0.369. The number of nitrogens with one attached hydrogen (secondary N) is 1. The number of nitrogens with zero attached hydrogens (tertiary/aromatic N) is 5. The van der Waals surface area contributed by atoms with Gasteiger partial charge in [-0.3, -0.25) is 14.9 Å². The number of carbonyl (C=O) groups is 2. The topological polar surface area (TPSA) is 91.3 Å². The number of imide groups is 1. The van der Waals surface area contributed by atoms with Crippen LogP contribution in [0.15, 0.2) is 47.6 Å². The van der Waals surface area contributed by atoms with Crippen molar-refractivity contribution in [1.82, 2.24) is 25.2 Å². The minimum absolute atomic E-state index is 0.352. The Morgan fingerprint density at radius 2 is 1.82 bits per heavy atom. The van der Waals surface area contributed by atoms with Crippen LogP contribution >= 0.6 is 23.1 Å². The number of amides is 2. The number of thioether (sulfide) groups is 1. The molecule has 2 aliphatic heterocycles. The smallest absolute Gasteiger partial charge is 0.290 e. The molecular weight excluding hydrogens is 468 g/mol. The highest BCUT2D eigenvalue weighted by Gasteiger charge is 2.25. The van der Waals surface area contributed by atoms with Gasteiger partial charge in [-0.25, -0.2) is 15.0 Å². The maximum atomic E-state index is 11.9. The molecule has 2 amide bonds. The van der Waals surface area contributed by atoms with Crippen molar-refractivity contribution in [2.45, 2.75) is 0 Å². The Kier molecular flexibility index (Phi) is 5.28. The summed E-state index contributed by atoms with van der Waals surface area (Å²) in [4.78, 5) is 42.4. The molecule has 0 saturated carbocycles. The van der Waals surface area contributed by atoms with Crippen molar-refractivity contribution >= 4 is 66.6 Å². The summed E-state index contributed by atoms with van der Waals surface area (Å²) < 4.78 is 1.12. The van der Waals surface area contributed by atoms with E-state index >= 15 is 0 Å². The van der Waals surface area contributed by atoms with E-state index in [1.54, 1.807) is 23.7 Å². The molecule has 2 fully saturated rings. The van der Waals surface area contributed by atoms with Crippen molar-refractivity contribution in [2.75, 3.05) is 38.1 Å². The van der Waals surface area contributed by atoms with E-state index < -0.39 is 0 Å². The lowest BCUT2D eigenvalue weighted by molar-refractivity contribution is -0.115. The Hall–Kier alpha value is -3.34. The molecule has 0 unspecified atom stereocenters. The van der Waals surface area contributed by atoms with E-state index in [-0.39, 0.29) is 11.1 Å². The van der Waals surface area contributed by atoms with Crippen molar-refractivity contribution in [3.8, 4) is 11.3 Å². The Bertz CT molecular complexity index is 1490. The van der Waals surface area contributed by atoms with E-state index in [2.05, 4.69) is 38.2 Å². The fraction of sp³-hybridized carbons (Fsp3) is 0.208. The number of rotatable bonds is 3. The summed E-state index contributed by atoms with van der Waals surface area (Å²) >= 11 is 2.62. The highest BCUT2D eigenvalue weighted by molar-refractivity contribution is 8.18. The first-order chi connectivity index (χ1) is 16.5. The lowest BCUT2D eigenvalue weighted by Gasteiger charge is -2.32. The van der Waals surface area contributed by atoms with E-state index in [4.69, 9.17) is 4.98 Å². The second-order valence-corrected chi connectivity index (χ2v) is 10.3. The maximum Gasteiger partial charge on any atom is 0.290 e. The number of carbonyl (C=O) groups excluding carboxylic acids is 2. The van der Waals surface area contributed by atoms with Crippen LogP contribution in [0.5, 0.6) is 0 Å². The van der Waals surface area contributed by atoms with Gasteiger partial charge in [0.1, 0.15) is 6.33 Å². The number of hydrogen-bond acceptors (Lipinski definition) is 9. The standard InChI is InChI=1S/C24H20N6O2S2/c1-29-6-8-30(9-7-29)23-27-18-5-3-15(12-19(18)33-23)21-16-10-14(2-4-17(16)25-13-26-21)11-20-22(31)28-24(32)34-20/h2-5,10-13H,6-9H2,1H3,(H,28,31,32). The molecule has 4 aromatic rings. The third-order valence-corrected chi connectivity index (χ3v) is 7.91. The molecule has 8 nitrogen and oxygen atoms in total. The highest BCUT2D eigenvalue weighted by atomic mass is 32.2. The molecule has 0 aliphatic carbocycles. The normalized spacial score (nSPS) is 18.4. The van der Waals surface area contributed by atoms with Gasteiger partial charge in [0.15, 0.2) is 5.13 Å². The second-order valence-electron chi connectivity index (χ2n) is 8.32. The predicted octanol–water partition coefficient (Wildman–Crippen LogP) is 3.98. The van der Waals surface area contributed by atoms with Gasteiger partial charge in [0, 0.05) is 37.1 Å². The molecule has 0 atom stereocenters. The predicted molar refractivity (Wildman–Crippen MR) is 137 cm³/mol. The molecule has 6 rings (SSSR count). The van der Waals surface area contributed by atoms with Crippen molar-refractivity contribution in [3.05, 3.63) is 53.2 Å². The average molecular weight is 489 g/mol. The van der Waals surface area contributed by atoms with Crippen LogP contribution in [-0.4, -0.2) is 64.2 Å². The van der Waals surface area contributed by atoms with Crippen molar-refractivity contribution in [2.24, 2.45) is 0 Å². The SMILES string of the molecule is CN1CCN(c2nc3ccc(-c4ncnc5ccc(C=C6SC(=O)NC6=O)cc45)cc3s2)CC1. The fourth-order valence-electron chi connectivity index (χ4n) is 4.16. The maximum absolute atomic E-state index is 11.9. The van der Waals surface area contributed by atoms with Crippen LogP contribution in [0.25, 0.3) is 38.5 Å². The van der Waals surface area contributed by atoms with Gasteiger partial charge < -0.3 is 9.80 Å². The number of benzene rings is 2. The van der Waals surface area contributed by atoms with E-state index in [1.165, 1.54) is 0 Å². The third-order valence-electron chi connectivity index (χ3n) is 6.02. The average Bonchev–Trinajstić information content (AvgIpc) is 3.40. The quantitative estimate of drug-likeness (QED) is 0.433. The lowest BCUT2D eigenvalue weighted by Crippen LogP contribution is -2.44. The van der Waals surface area contributed by atoms with Gasteiger partial charge >= 0.3 is 0 Å². The van der Waals surface area contributed by atoms with Crippen molar-refractivity contribution < 1.29 is 9.59 Å². The first-order valence-electron chi connectivity index (χ1n) is 10.9. The van der Waals surface area contributed by atoms with Gasteiger partial charge in [0.2, 0.25) is 0 Å². The van der Waals surface area contributed by atoms with Gasteiger partial charge in [-0.1, -0.05) is 23.5 Å². The second kappa shape index (κ2) is 8.46. The first kappa shape index (κ1) is 21.2. The van der Waals surface area contributed by atoms with Gasteiger partial charge in [-0.05, 0) is 54.7 Å². The monoisotopic (exact) mass is 488 g/mol. The van der Waals surface area contributed by atoms with Crippen LogP contribution in [-0.2, 0) is 4.79 Å². The molecule has 4 heterocycles. The molecule has 0 spiro atoms. The third kappa shape index (κ3) is 3.93.